The van der Waals surface area contributed by atoms with E-state index in [9.17, 15) is 0 Å². The molecule has 0 aliphatic heterocycles. The first-order chi connectivity index (χ1) is 20.9. The molecule has 220 valence electrons. The molecule has 0 nitrogen and oxygen atoms in total. The minimum atomic E-state index is -3.17. The van der Waals surface area contributed by atoms with Gasteiger partial charge in [-0.15, -0.1) is 0 Å². The van der Waals surface area contributed by atoms with Gasteiger partial charge in [0.2, 0.25) is 0 Å². The Balaban J connectivity index is 0.000000171. The van der Waals surface area contributed by atoms with Crippen LogP contribution in [-0.2, 0) is 11.0 Å². The molecular weight excluding hydrogens is 826 g/mol. The molecule has 0 amide bonds. The summed E-state index contributed by atoms with van der Waals surface area (Å²) in [5, 5.41) is 8.61. The maximum Gasteiger partial charge on any atom is 0.102 e. The van der Waals surface area contributed by atoms with E-state index < -0.39 is 26.9 Å². The molecular formula is C36H32Cl4OsP2+2. The van der Waals surface area contributed by atoms with Gasteiger partial charge < -0.3 is 0 Å². The van der Waals surface area contributed by atoms with Gasteiger partial charge in [-0.2, -0.15) is 0 Å². The van der Waals surface area contributed by atoms with E-state index in [2.05, 4.69) is 182 Å². The maximum absolute atomic E-state index is 5.02. The Morgan fingerprint density at radius 1 is 0.256 bits per heavy atom. The summed E-state index contributed by atoms with van der Waals surface area (Å²) in [4.78, 5) is 0. The van der Waals surface area contributed by atoms with Crippen molar-refractivity contribution in [3.8, 4) is 0 Å². The van der Waals surface area contributed by atoms with Crippen LogP contribution in [0.1, 0.15) is 0 Å². The molecule has 0 bridgehead atoms. The molecule has 0 heterocycles. The van der Waals surface area contributed by atoms with Gasteiger partial charge in [0, 0.05) is 0 Å². The first-order valence-corrected chi connectivity index (χ1v) is 29.1. The van der Waals surface area contributed by atoms with Gasteiger partial charge in [0.05, 0.1) is 15.8 Å². The van der Waals surface area contributed by atoms with Gasteiger partial charge in [-0.3, -0.25) is 0 Å². The fourth-order valence-electron chi connectivity index (χ4n) is 4.63. The van der Waals surface area contributed by atoms with Gasteiger partial charge >= 0.3 is 49.6 Å². The van der Waals surface area contributed by atoms with Crippen molar-refractivity contribution in [2.24, 2.45) is 0 Å². The van der Waals surface area contributed by atoms with E-state index in [0.29, 0.717) is 0 Å². The molecule has 6 aromatic carbocycles. The molecule has 0 aromatic heterocycles. The third kappa shape index (κ3) is 11.8. The Morgan fingerprint density at radius 3 is 0.488 bits per heavy atom. The van der Waals surface area contributed by atoms with Crippen LogP contribution < -0.4 is 31.8 Å². The summed E-state index contributed by atoms with van der Waals surface area (Å²) in [6.07, 6.45) is 0. The van der Waals surface area contributed by atoms with Gasteiger partial charge in [-0.25, -0.2) is 0 Å². The number of hydrogen-bond acceptors (Lipinski definition) is 0. The standard InChI is InChI=1S/2C18H15P.4ClH.Os/c2*1-4-10-16(11-5-1)19(17-12-6-2-7-13-17)18-14-8-3-9-15-18;;;;;/h2*1-15H;4*1H;/q;;;;;;+4/p-2. The molecule has 0 aliphatic carbocycles. The Kier molecular flexibility index (Phi) is 14.2. The fraction of sp³-hybridized carbons (Fsp3) is 0. The Hall–Kier alpha value is -2.02. The van der Waals surface area contributed by atoms with Crippen LogP contribution in [0.5, 0.6) is 0 Å². The van der Waals surface area contributed by atoms with Gasteiger partial charge in [0.15, 0.2) is 0 Å². The van der Waals surface area contributed by atoms with Crippen LogP contribution in [0.3, 0.4) is 0 Å². The molecule has 7 heteroatoms. The molecule has 6 rings (SSSR count). The Bertz CT molecular complexity index is 1280. The third-order valence-electron chi connectivity index (χ3n) is 6.37. The average molecular weight is 859 g/mol. The maximum atomic E-state index is 5.02. The van der Waals surface area contributed by atoms with Gasteiger partial charge in [0.25, 0.3) is 0 Å². The Labute approximate surface area is 277 Å². The summed E-state index contributed by atoms with van der Waals surface area (Å²) in [5.74, 6) is 0. The molecule has 0 unspecified atom stereocenters. The summed E-state index contributed by atoms with van der Waals surface area (Å²) < 4.78 is 0. The van der Waals surface area contributed by atoms with Crippen molar-refractivity contribution < 1.29 is 11.0 Å². The normalized spacial score (nSPS) is 11.1. The number of benzene rings is 6. The van der Waals surface area contributed by atoms with Crippen molar-refractivity contribution in [1.82, 2.24) is 0 Å². The van der Waals surface area contributed by atoms with Crippen LogP contribution in [0.15, 0.2) is 182 Å². The summed E-state index contributed by atoms with van der Waals surface area (Å²) in [7, 11) is 18.3. The van der Waals surface area contributed by atoms with Crippen molar-refractivity contribution in [3.05, 3.63) is 182 Å². The number of rotatable bonds is 6. The minimum Gasteiger partial charge on any atom is -0.0620 e. The van der Waals surface area contributed by atoms with Crippen molar-refractivity contribution in [3.63, 3.8) is 0 Å². The first-order valence-electron chi connectivity index (χ1n) is 13.5. The smallest absolute Gasteiger partial charge is 0.0620 e. The summed E-state index contributed by atoms with van der Waals surface area (Å²) >= 11 is -3.17. The SMILES string of the molecule is [Cl][Os]([Cl])([Cl])[Cl].c1ccc([PH+](c2ccccc2)c2ccccc2)cc1.c1ccc([PH+](c2ccccc2)c2ccccc2)cc1. The minimum absolute atomic E-state index is 0.877. The monoisotopic (exact) mass is 858 g/mol. The molecule has 0 spiro atoms. The first kappa shape index (κ1) is 33.9. The molecule has 0 N–H and O–H groups in total. The molecule has 0 aliphatic rings. The molecule has 43 heavy (non-hydrogen) atoms. The second kappa shape index (κ2) is 18.1. The van der Waals surface area contributed by atoms with Crippen LogP contribution >= 0.6 is 54.4 Å². The van der Waals surface area contributed by atoms with Crippen molar-refractivity contribution in [2.45, 2.75) is 0 Å². The third-order valence-corrected chi connectivity index (χ3v) is 11.8. The second-order valence-corrected chi connectivity index (χ2v) is 36.2. The van der Waals surface area contributed by atoms with E-state index in [4.69, 9.17) is 38.6 Å². The fourth-order valence-corrected chi connectivity index (χ4v) is 9.78. The molecule has 0 atom stereocenters. The predicted molar refractivity (Wildman–Crippen MR) is 196 cm³/mol. The van der Waals surface area contributed by atoms with Crippen molar-refractivity contribution in [1.29, 1.82) is 0 Å². The average Bonchev–Trinajstić information content (AvgIpc) is 3.04. The predicted octanol–water partition coefficient (Wildman–Crippen LogP) is 9.11. The van der Waals surface area contributed by atoms with Crippen molar-refractivity contribution >= 4 is 86.2 Å². The quantitative estimate of drug-likeness (QED) is 0.147. The van der Waals surface area contributed by atoms with Crippen LogP contribution in [0, 0.1) is 0 Å². The van der Waals surface area contributed by atoms with Gasteiger partial charge in [0.1, 0.15) is 31.8 Å². The molecule has 0 saturated carbocycles. The van der Waals surface area contributed by atoms with Crippen LogP contribution in [-0.4, -0.2) is 0 Å². The van der Waals surface area contributed by atoms with E-state index in [-0.39, 0.29) is 0 Å². The topological polar surface area (TPSA) is 0 Å². The molecule has 6 aromatic rings. The van der Waals surface area contributed by atoms with E-state index in [1.807, 2.05) is 0 Å². The number of hydrogen-bond donors (Lipinski definition) is 0. The van der Waals surface area contributed by atoms with E-state index >= 15 is 0 Å². The molecule has 0 saturated heterocycles. The molecule has 0 radical (unpaired) electrons. The van der Waals surface area contributed by atoms with Crippen LogP contribution in [0.25, 0.3) is 0 Å². The summed E-state index contributed by atoms with van der Waals surface area (Å²) in [6, 6.07) is 65.0. The van der Waals surface area contributed by atoms with Gasteiger partial charge in [-0.1, -0.05) is 109 Å². The summed E-state index contributed by atoms with van der Waals surface area (Å²) in [6.45, 7) is 0. The zero-order valence-corrected chi connectivity index (χ0v) is 30.8. The van der Waals surface area contributed by atoms with Crippen molar-refractivity contribution in [2.75, 3.05) is 0 Å². The van der Waals surface area contributed by atoms with Crippen LogP contribution in [0.2, 0.25) is 0 Å². The zero-order valence-electron chi connectivity index (χ0n) is 23.2. The summed E-state index contributed by atoms with van der Waals surface area (Å²) in [5.41, 5.74) is 0. The Morgan fingerprint density at radius 2 is 0.372 bits per heavy atom. The van der Waals surface area contributed by atoms with E-state index in [1.165, 1.54) is 31.8 Å². The largest absolute Gasteiger partial charge is 0.102 e. The van der Waals surface area contributed by atoms with E-state index in [1.54, 1.807) is 0 Å². The van der Waals surface area contributed by atoms with Gasteiger partial charge in [-0.05, 0) is 72.8 Å². The molecule has 0 fully saturated rings. The zero-order chi connectivity index (χ0) is 30.3. The number of halogens is 4. The van der Waals surface area contributed by atoms with Crippen LogP contribution in [0.4, 0.5) is 0 Å². The van der Waals surface area contributed by atoms with E-state index in [0.717, 1.165) is 0 Å². The second-order valence-electron chi connectivity index (χ2n) is 9.25.